The molecule has 2 N–H and O–H groups in total. The molecule has 2 amide bonds. The van der Waals surface area contributed by atoms with E-state index in [4.69, 9.17) is 4.74 Å². The Kier molecular flexibility index (Phi) is 7.51. The van der Waals surface area contributed by atoms with Crippen LogP contribution in [0.15, 0.2) is 60.8 Å². The Bertz CT molecular complexity index is 1000. The van der Waals surface area contributed by atoms with Crippen LogP contribution in [-0.2, 0) is 9.53 Å². The minimum Gasteiger partial charge on any atom is -0.379 e. The van der Waals surface area contributed by atoms with Gasteiger partial charge in [-0.25, -0.2) is 0 Å². The number of carbonyl (C=O) groups excluding carboxylic acids is 2. The molecule has 30 heavy (non-hydrogen) atoms. The second-order valence-corrected chi connectivity index (χ2v) is 7.30. The van der Waals surface area contributed by atoms with Gasteiger partial charge in [0.05, 0.1) is 18.2 Å². The number of nitrogens with one attached hydrogen (secondary N) is 2. The molecule has 2 aromatic carbocycles. The Morgan fingerprint density at radius 2 is 1.77 bits per heavy atom. The van der Waals surface area contributed by atoms with Crippen LogP contribution in [0.25, 0.3) is 22.0 Å². The predicted molar refractivity (Wildman–Crippen MR) is 118 cm³/mol. The molecule has 3 aromatic rings. The molecular weight excluding hydrogens is 378 g/mol. The van der Waals surface area contributed by atoms with E-state index in [-0.39, 0.29) is 24.5 Å². The number of ether oxygens (including phenoxy) is 1. The van der Waals surface area contributed by atoms with Gasteiger partial charge >= 0.3 is 0 Å². The van der Waals surface area contributed by atoms with E-state index in [2.05, 4.69) is 21.7 Å². The van der Waals surface area contributed by atoms with Gasteiger partial charge in [-0.3, -0.25) is 14.6 Å². The Labute approximate surface area is 176 Å². The highest BCUT2D eigenvalue weighted by Crippen LogP contribution is 2.23. The van der Waals surface area contributed by atoms with Crippen LogP contribution in [-0.4, -0.2) is 42.6 Å². The summed E-state index contributed by atoms with van der Waals surface area (Å²) in [4.78, 5) is 28.6. The van der Waals surface area contributed by atoms with E-state index in [1.54, 1.807) is 12.1 Å². The van der Waals surface area contributed by atoms with Crippen molar-refractivity contribution in [3.63, 3.8) is 0 Å². The first-order valence-corrected chi connectivity index (χ1v) is 10.1. The maximum atomic E-state index is 12.3. The van der Waals surface area contributed by atoms with Crippen molar-refractivity contribution in [3.8, 4) is 11.1 Å². The average Bonchev–Trinajstić information content (AvgIpc) is 2.76. The van der Waals surface area contributed by atoms with Crippen LogP contribution in [0.1, 0.15) is 30.6 Å². The SMILES string of the molecule is CC(C)OCCCNC(=O)CNC(=O)c1ccc(-c2cnc3ccccc3c2)cc1. The van der Waals surface area contributed by atoms with E-state index in [0.717, 1.165) is 28.5 Å². The van der Waals surface area contributed by atoms with Crippen molar-refractivity contribution >= 4 is 22.7 Å². The fraction of sp³-hybridized carbons (Fsp3) is 0.292. The predicted octanol–water partition coefficient (Wildman–Crippen LogP) is 3.56. The smallest absolute Gasteiger partial charge is 0.251 e. The third kappa shape index (κ3) is 6.12. The number of aromatic nitrogens is 1. The number of pyridine rings is 1. The topological polar surface area (TPSA) is 80.3 Å². The molecular formula is C24H27N3O3. The zero-order valence-corrected chi connectivity index (χ0v) is 17.4. The molecule has 0 saturated heterocycles. The molecule has 0 saturated carbocycles. The Morgan fingerprint density at radius 3 is 2.53 bits per heavy atom. The van der Waals surface area contributed by atoms with Crippen LogP contribution >= 0.6 is 0 Å². The number of hydrogen-bond donors (Lipinski definition) is 2. The summed E-state index contributed by atoms with van der Waals surface area (Å²) in [5.41, 5.74) is 3.42. The molecule has 0 fully saturated rings. The van der Waals surface area contributed by atoms with Crippen molar-refractivity contribution < 1.29 is 14.3 Å². The summed E-state index contributed by atoms with van der Waals surface area (Å²) >= 11 is 0. The molecule has 0 aliphatic carbocycles. The third-order valence-electron chi connectivity index (χ3n) is 4.57. The number of rotatable bonds is 9. The molecule has 6 nitrogen and oxygen atoms in total. The minimum absolute atomic E-state index is 0.0553. The first kappa shape index (κ1) is 21.5. The normalized spacial score (nSPS) is 10.9. The summed E-state index contributed by atoms with van der Waals surface area (Å²) in [7, 11) is 0. The number of para-hydroxylation sites is 1. The Hall–Kier alpha value is -3.25. The standard InChI is InChI=1S/C24H27N3O3/c1-17(2)30-13-5-12-25-23(28)16-27-24(29)19-10-8-18(9-11-19)21-14-20-6-3-4-7-22(20)26-15-21/h3-4,6-11,14-15,17H,5,12-13,16H2,1-2H3,(H,25,28)(H,27,29). The van der Waals surface area contributed by atoms with Crippen LogP contribution in [0, 0.1) is 0 Å². The van der Waals surface area contributed by atoms with E-state index in [0.29, 0.717) is 18.7 Å². The summed E-state index contributed by atoms with van der Waals surface area (Å²) in [6.45, 7) is 5.01. The molecule has 1 heterocycles. The summed E-state index contributed by atoms with van der Waals surface area (Å²) in [5, 5.41) is 6.48. The maximum absolute atomic E-state index is 12.3. The quantitative estimate of drug-likeness (QED) is 0.534. The van der Waals surface area contributed by atoms with Crippen LogP contribution in [0.3, 0.4) is 0 Å². The van der Waals surface area contributed by atoms with Crippen LogP contribution in [0.2, 0.25) is 0 Å². The summed E-state index contributed by atoms with van der Waals surface area (Å²) in [6, 6.07) is 17.3. The first-order valence-electron chi connectivity index (χ1n) is 10.1. The maximum Gasteiger partial charge on any atom is 0.251 e. The second kappa shape index (κ2) is 10.5. The molecule has 0 spiro atoms. The highest BCUT2D eigenvalue weighted by molar-refractivity contribution is 5.97. The van der Waals surface area contributed by atoms with E-state index in [1.165, 1.54) is 0 Å². The minimum atomic E-state index is -0.281. The van der Waals surface area contributed by atoms with E-state index in [9.17, 15) is 9.59 Å². The van der Waals surface area contributed by atoms with Gasteiger partial charge in [-0.1, -0.05) is 30.3 Å². The highest BCUT2D eigenvalue weighted by atomic mass is 16.5. The molecule has 0 aliphatic heterocycles. The molecule has 0 atom stereocenters. The van der Waals surface area contributed by atoms with Crippen molar-refractivity contribution in [2.24, 2.45) is 0 Å². The molecule has 0 aliphatic rings. The average molecular weight is 405 g/mol. The molecule has 0 radical (unpaired) electrons. The second-order valence-electron chi connectivity index (χ2n) is 7.30. The summed E-state index contributed by atoms with van der Waals surface area (Å²) in [5.74, 6) is -0.497. The van der Waals surface area contributed by atoms with Gasteiger partial charge in [0.1, 0.15) is 0 Å². The van der Waals surface area contributed by atoms with Gasteiger partial charge in [0.2, 0.25) is 5.91 Å². The van der Waals surface area contributed by atoms with Gasteiger partial charge in [-0.15, -0.1) is 0 Å². The Morgan fingerprint density at radius 1 is 1.00 bits per heavy atom. The fourth-order valence-electron chi connectivity index (χ4n) is 2.99. The van der Waals surface area contributed by atoms with Crippen molar-refractivity contribution in [2.75, 3.05) is 19.7 Å². The van der Waals surface area contributed by atoms with Crippen molar-refractivity contribution in [1.82, 2.24) is 15.6 Å². The fourth-order valence-corrected chi connectivity index (χ4v) is 2.99. The highest BCUT2D eigenvalue weighted by Gasteiger charge is 2.09. The number of carbonyl (C=O) groups is 2. The number of hydrogen-bond acceptors (Lipinski definition) is 4. The Balaban J connectivity index is 1.49. The van der Waals surface area contributed by atoms with Gasteiger partial charge in [0, 0.05) is 35.9 Å². The van der Waals surface area contributed by atoms with Gasteiger partial charge < -0.3 is 15.4 Å². The van der Waals surface area contributed by atoms with E-state index >= 15 is 0 Å². The monoisotopic (exact) mass is 405 g/mol. The number of amides is 2. The largest absolute Gasteiger partial charge is 0.379 e. The van der Waals surface area contributed by atoms with Gasteiger partial charge in [0.15, 0.2) is 0 Å². The summed E-state index contributed by atoms with van der Waals surface area (Å²) in [6.07, 6.45) is 2.75. The van der Waals surface area contributed by atoms with Gasteiger partial charge in [-0.2, -0.15) is 0 Å². The lowest BCUT2D eigenvalue weighted by Gasteiger charge is -2.09. The van der Waals surface area contributed by atoms with Crippen molar-refractivity contribution in [2.45, 2.75) is 26.4 Å². The number of nitrogens with zero attached hydrogens (tertiary/aromatic N) is 1. The number of fused-ring (bicyclic) bond motifs is 1. The lowest BCUT2D eigenvalue weighted by molar-refractivity contribution is -0.120. The van der Waals surface area contributed by atoms with Crippen LogP contribution in [0.5, 0.6) is 0 Å². The number of benzene rings is 2. The zero-order chi connectivity index (χ0) is 21.3. The zero-order valence-electron chi connectivity index (χ0n) is 17.4. The first-order chi connectivity index (χ1) is 14.5. The lowest BCUT2D eigenvalue weighted by atomic mass is 10.0. The third-order valence-corrected chi connectivity index (χ3v) is 4.57. The van der Waals surface area contributed by atoms with Crippen molar-refractivity contribution in [1.29, 1.82) is 0 Å². The summed E-state index contributed by atoms with van der Waals surface area (Å²) < 4.78 is 5.42. The molecule has 156 valence electrons. The molecule has 1 aromatic heterocycles. The van der Waals surface area contributed by atoms with E-state index in [1.807, 2.05) is 56.4 Å². The molecule has 0 unspecified atom stereocenters. The molecule has 0 bridgehead atoms. The van der Waals surface area contributed by atoms with Crippen LogP contribution in [0.4, 0.5) is 0 Å². The van der Waals surface area contributed by atoms with Gasteiger partial charge in [-0.05, 0) is 50.1 Å². The lowest BCUT2D eigenvalue weighted by Crippen LogP contribution is -2.37. The van der Waals surface area contributed by atoms with Crippen molar-refractivity contribution in [3.05, 3.63) is 66.4 Å². The van der Waals surface area contributed by atoms with Gasteiger partial charge in [0.25, 0.3) is 5.91 Å². The van der Waals surface area contributed by atoms with E-state index < -0.39 is 0 Å². The van der Waals surface area contributed by atoms with Crippen LogP contribution < -0.4 is 10.6 Å². The molecule has 3 rings (SSSR count). The molecule has 6 heteroatoms.